The van der Waals surface area contributed by atoms with Gasteiger partial charge in [-0.2, -0.15) is 0 Å². The van der Waals surface area contributed by atoms with E-state index in [2.05, 4.69) is 10.3 Å². The molecule has 0 spiro atoms. The van der Waals surface area contributed by atoms with Gasteiger partial charge < -0.3 is 25.3 Å². The molecule has 1 aromatic heterocycles. The van der Waals surface area contributed by atoms with Crippen LogP contribution >= 0.6 is 0 Å². The van der Waals surface area contributed by atoms with Gasteiger partial charge in [-0.05, 0) is 29.0 Å². The van der Waals surface area contributed by atoms with Crippen LogP contribution < -0.4 is 5.32 Å². The molecule has 2 N–H and O–H groups in total. The van der Waals surface area contributed by atoms with Gasteiger partial charge >= 0.3 is 5.82 Å². The summed E-state index contributed by atoms with van der Waals surface area (Å²) in [4.78, 5) is 13.8. The first kappa shape index (κ1) is 14.3. The lowest BCUT2D eigenvalue weighted by molar-refractivity contribution is -0.388. The number of anilines is 1. The molecule has 0 radical (unpaired) electrons. The van der Waals surface area contributed by atoms with E-state index in [1.807, 2.05) is 0 Å². The first-order valence-electron chi connectivity index (χ1n) is 5.51. The molecule has 0 aliphatic heterocycles. The standard InChI is InChI=1S/C11H17N3O4/c1-11(15,5-7-18-2)8-13-9-4-3-6-12-10(9)14(16)17/h3-4,6,13,15H,5,7-8H2,1-2H3. The number of pyridine rings is 1. The maximum Gasteiger partial charge on any atom is 0.386 e. The second-order valence-electron chi connectivity index (χ2n) is 4.22. The second kappa shape index (κ2) is 6.27. The van der Waals surface area contributed by atoms with Crippen molar-refractivity contribution in [1.29, 1.82) is 0 Å². The number of ether oxygens (including phenoxy) is 1. The van der Waals surface area contributed by atoms with Crippen molar-refractivity contribution >= 4 is 11.5 Å². The third-order valence-electron chi connectivity index (χ3n) is 2.46. The molecule has 1 heterocycles. The van der Waals surface area contributed by atoms with Crippen LogP contribution in [0.15, 0.2) is 18.3 Å². The van der Waals surface area contributed by atoms with Gasteiger partial charge in [0, 0.05) is 26.7 Å². The number of aliphatic hydroxyl groups is 1. The van der Waals surface area contributed by atoms with E-state index in [9.17, 15) is 15.2 Å². The van der Waals surface area contributed by atoms with Crippen molar-refractivity contribution in [2.24, 2.45) is 0 Å². The molecule has 0 fully saturated rings. The molecule has 7 heteroatoms. The Bertz CT molecular complexity index is 409. The van der Waals surface area contributed by atoms with Crippen LogP contribution in [0.5, 0.6) is 0 Å². The smallest absolute Gasteiger partial charge is 0.386 e. The molecule has 0 aliphatic rings. The van der Waals surface area contributed by atoms with Gasteiger partial charge in [0.15, 0.2) is 0 Å². The van der Waals surface area contributed by atoms with Crippen molar-refractivity contribution in [3.05, 3.63) is 28.4 Å². The van der Waals surface area contributed by atoms with Crippen molar-refractivity contribution in [2.45, 2.75) is 18.9 Å². The van der Waals surface area contributed by atoms with Gasteiger partial charge in [0.05, 0.1) is 5.60 Å². The molecule has 18 heavy (non-hydrogen) atoms. The lowest BCUT2D eigenvalue weighted by atomic mass is 10.0. The van der Waals surface area contributed by atoms with E-state index >= 15 is 0 Å². The largest absolute Gasteiger partial charge is 0.388 e. The Kier molecular flexibility index (Phi) is 4.99. The van der Waals surface area contributed by atoms with Gasteiger partial charge in [0.25, 0.3) is 0 Å². The molecule has 0 aliphatic carbocycles. The van der Waals surface area contributed by atoms with Crippen molar-refractivity contribution < 1.29 is 14.8 Å². The molecular weight excluding hydrogens is 238 g/mol. The van der Waals surface area contributed by atoms with E-state index in [4.69, 9.17) is 4.74 Å². The average Bonchev–Trinajstić information content (AvgIpc) is 2.34. The monoisotopic (exact) mass is 255 g/mol. The number of nitrogens with zero attached hydrogens (tertiary/aromatic N) is 2. The Labute approximate surface area is 105 Å². The third kappa shape index (κ3) is 4.27. The first-order valence-corrected chi connectivity index (χ1v) is 5.51. The SMILES string of the molecule is COCCC(C)(O)CNc1cccnc1[N+](=O)[O-]. The molecular formula is C11H17N3O4. The average molecular weight is 255 g/mol. The normalized spacial score (nSPS) is 13.9. The highest BCUT2D eigenvalue weighted by Crippen LogP contribution is 2.21. The molecule has 0 amide bonds. The Morgan fingerprint density at radius 2 is 2.39 bits per heavy atom. The summed E-state index contributed by atoms with van der Waals surface area (Å²) in [7, 11) is 1.55. The molecule has 0 saturated heterocycles. The van der Waals surface area contributed by atoms with Crippen molar-refractivity contribution in [2.75, 3.05) is 25.6 Å². The van der Waals surface area contributed by atoms with E-state index in [0.29, 0.717) is 18.7 Å². The number of methoxy groups -OCH3 is 1. The molecule has 1 unspecified atom stereocenters. The number of hydrogen-bond acceptors (Lipinski definition) is 6. The highest BCUT2D eigenvalue weighted by molar-refractivity contribution is 5.56. The summed E-state index contributed by atoms with van der Waals surface area (Å²) in [6, 6.07) is 3.15. The highest BCUT2D eigenvalue weighted by Gasteiger charge is 2.22. The fourth-order valence-corrected chi connectivity index (χ4v) is 1.38. The molecule has 0 saturated carbocycles. The summed E-state index contributed by atoms with van der Waals surface area (Å²) in [5, 5.41) is 23.6. The fourth-order valence-electron chi connectivity index (χ4n) is 1.38. The maximum absolute atomic E-state index is 10.7. The molecule has 100 valence electrons. The van der Waals surface area contributed by atoms with Gasteiger partial charge in [-0.15, -0.1) is 0 Å². The maximum atomic E-state index is 10.7. The molecule has 1 atom stereocenters. The molecule has 0 aromatic carbocycles. The lowest BCUT2D eigenvalue weighted by Crippen LogP contribution is -2.34. The summed E-state index contributed by atoms with van der Waals surface area (Å²) in [5.41, 5.74) is -0.708. The molecule has 1 rings (SSSR count). The van der Waals surface area contributed by atoms with Crippen LogP contribution in [-0.2, 0) is 4.74 Å². The quantitative estimate of drug-likeness (QED) is 0.561. The van der Waals surface area contributed by atoms with Gasteiger partial charge in [-0.3, -0.25) is 0 Å². The number of nitrogens with one attached hydrogen (secondary N) is 1. The number of rotatable bonds is 7. The Hall–Kier alpha value is -1.73. The molecule has 1 aromatic rings. The zero-order valence-corrected chi connectivity index (χ0v) is 10.4. The predicted octanol–water partition coefficient (Wildman–Crippen LogP) is 1.19. The van der Waals surface area contributed by atoms with Crippen LogP contribution in [0.1, 0.15) is 13.3 Å². The predicted molar refractivity (Wildman–Crippen MR) is 66.5 cm³/mol. The van der Waals surface area contributed by atoms with E-state index in [0.717, 1.165) is 0 Å². The van der Waals surface area contributed by atoms with Crippen LogP contribution in [0, 0.1) is 10.1 Å². The van der Waals surface area contributed by atoms with Crippen LogP contribution in [0.3, 0.4) is 0 Å². The first-order chi connectivity index (χ1) is 8.46. The van der Waals surface area contributed by atoms with Crippen LogP contribution in [0.25, 0.3) is 0 Å². The van der Waals surface area contributed by atoms with Crippen molar-refractivity contribution in [3.8, 4) is 0 Å². The fraction of sp³-hybridized carbons (Fsp3) is 0.545. The van der Waals surface area contributed by atoms with Crippen molar-refractivity contribution in [3.63, 3.8) is 0 Å². The van der Waals surface area contributed by atoms with E-state index in [-0.39, 0.29) is 12.4 Å². The summed E-state index contributed by atoms with van der Waals surface area (Å²) in [6.07, 6.45) is 1.79. The van der Waals surface area contributed by atoms with Gasteiger partial charge in [0.2, 0.25) is 0 Å². The van der Waals surface area contributed by atoms with Crippen molar-refractivity contribution in [1.82, 2.24) is 4.98 Å². The minimum atomic E-state index is -1.00. The van der Waals surface area contributed by atoms with E-state index < -0.39 is 10.5 Å². The minimum absolute atomic E-state index is 0.183. The summed E-state index contributed by atoms with van der Waals surface area (Å²) in [6.45, 7) is 2.24. The Balaban J connectivity index is 2.65. The third-order valence-corrected chi connectivity index (χ3v) is 2.46. The zero-order valence-electron chi connectivity index (χ0n) is 10.4. The number of nitro groups is 1. The minimum Gasteiger partial charge on any atom is -0.388 e. The number of hydrogen-bond donors (Lipinski definition) is 2. The van der Waals surface area contributed by atoms with Gasteiger partial charge in [0.1, 0.15) is 11.9 Å². The summed E-state index contributed by atoms with van der Waals surface area (Å²) < 4.78 is 4.88. The van der Waals surface area contributed by atoms with Crippen LogP contribution in [0.4, 0.5) is 11.5 Å². The van der Waals surface area contributed by atoms with E-state index in [1.54, 1.807) is 26.2 Å². The Morgan fingerprint density at radius 1 is 1.67 bits per heavy atom. The van der Waals surface area contributed by atoms with Crippen LogP contribution in [-0.4, -0.2) is 40.9 Å². The Morgan fingerprint density at radius 3 is 3.00 bits per heavy atom. The topological polar surface area (TPSA) is 97.5 Å². The van der Waals surface area contributed by atoms with Gasteiger partial charge in [-0.1, -0.05) is 0 Å². The van der Waals surface area contributed by atoms with E-state index in [1.165, 1.54) is 6.20 Å². The second-order valence-corrected chi connectivity index (χ2v) is 4.22. The summed E-state index contributed by atoms with van der Waals surface area (Å²) in [5.74, 6) is -0.250. The summed E-state index contributed by atoms with van der Waals surface area (Å²) >= 11 is 0. The lowest BCUT2D eigenvalue weighted by Gasteiger charge is -2.23. The van der Waals surface area contributed by atoms with Gasteiger partial charge in [-0.25, -0.2) is 0 Å². The highest BCUT2D eigenvalue weighted by atomic mass is 16.6. The molecule has 7 nitrogen and oxygen atoms in total. The molecule has 0 bridgehead atoms. The van der Waals surface area contributed by atoms with Crippen LogP contribution in [0.2, 0.25) is 0 Å². The number of aromatic nitrogens is 1. The zero-order chi connectivity index (χ0) is 13.6.